The molecule has 2 nitrogen and oxygen atoms in total. The highest BCUT2D eigenvalue weighted by atomic mass is 16.3. The molecule has 1 aromatic rings. The molecule has 0 unspecified atom stereocenters. The lowest BCUT2D eigenvalue weighted by Gasteiger charge is -2.14. The molecule has 1 aliphatic rings. The molecule has 76 valence electrons. The number of hydrogen-bond acceptors (Lipinski definition) is 2. The van der Waals surface area contributed by atoms with E-state index in [1.165, 1.54) is 36.0 Å². The molecule has 1 aromatic carbocycles. The first kappa shape index (κ1) is 9.69. The summed E-state index contributed by atoms with van der Waals surface area (Å²) in [5.74, 6) is 0. The molecule has 1 atom stereocenters. The lowest BCUT2D eigenvalue weighted by molar-refractivity contribution is 0.251. The van der Waals surface area contributed by atoms with Crippen molar-refractivity contribution in [3.63, 3.8) is 0 Å². The standard InChI is InChI=1S/C12H17NO/c1-13-12(8-14)11-6-5-9-3-2-4-10(9)7-11/h5-7,12-14H,2-4,8H2,1H3/t12-/m1/s1. The van der Waals surface area contributed by atoms with Gasteiger partial charge in [-0.1, -0.05) is 18.2 Å². The highest BCUT2D eigenvalue weighted by molar-refractivity contribution is 5.36. The molecular formula is C12H17NO. The molecule has 2 heteroatoms. The molecule has 0 spiro atoms. The third kappa shape index (κ3) is 1.68. The number of benzene rings is 1. The SMILES string of the molecule is CN[C@H](CO)c1ccc2c(c1)CCC2. The van der Waals surface area contributed by atoms with Crippen molar-refractivity contribution >= 4 is 0 Å². The molecule has 0 heterocycles. The largest absolute Gasteiger partial charge is 0.394 e. The van der Waals surface area contributed by atoms with E-state index in [9.17, 15) is 0 Å². The van der Waals surface area contributed by atoms with Gasteiger partial charge in [0.25, 0.3) is 0 Å². The average molecular weight is 191 g/mol. The molecule has 0 saturated heterocycles. The van der Waals surface area contributed by atoms with Crippen LogP contribution in [0.2, 0.25) is 0 Å². The van der Waals surface area contributed by atoms with E-state index in [0.29, 0.717) is 0 Å². The Kier molecular flexibility index (Phi) is 2.85. The van der Waals surface area contributed by atoms with Crippen LogP contribution in [0.25, 0.3) is 0 Å². The van der Waals surface area contributed by atoms with Crippen molar-refractivity contribution in [1.29, 1.82) is 0 Å². The molecule has 0 fully saturated rings. The summed E-state index contributed by atoms with van der Waals surface area (Å²) >= 11 is 0. The van der Waals surface area contributed by atoms with Crippen LogP contribution in [-0.2, 0) is 12.8 Å². The van der Waals surface area contributed by atoms with Crippen molar-refractivity contribution < 1.29 is 5.11 Å². The van der Waals surface area contributed by atoms with Gasteiger partial charge < -0.3 is 10.4 Å². The van der Waals surface area contributed by atoms with E-state index < -0.39 is 0 Å². The first-order valence-electron chi connectivity index (χ1n) is 5.25. The Labute approximate surface area is 85.0 Å². The zero-order valence-electron chi connectivity index (χ0n) is 8.59. The van der Waals surface area contributed by atoms with E-state index in [1.807, 2.05) is 7.05 Å². The summed E-state index contributed by atoms with van der Waals surface area (Å²) in [7, 11) is 1.88. The number of aryl methyl sites for hydroxylation is 2. The fourth-order valence-corrected chi connectivity index (χ4v) is 2.17. The van der Waals surface area contributed by atoms with Crippen LogP contribution in [0.1, 0.15) is 29.2 Å². The van der Waals surface area contributed by atoms with Crippen LogP contribution in [0.4, 0.5) is 0 Å². The van der Waals surface area contributed by atoms with Crippen molar-refractivity contribution in [2.45, 2.75) is 25.3 Å². The maximum Gasteiger partial charge on any atom is 0.0626 e. The first-order valence-corrected chi connectivity index (χ1v) is 5.25. The molecule has 0 aromatic heterocycles. The Morgan fingerprint density at radius 3 is 2.86 bits per heavy atom. The number of rotatable bonds is 3. The van der Waals surface area contributed by atoms with Crippen LogP contribution < -0.4 is 5.32 Å². The van der Waals surface area contributed by atoms with E-state index in [4.69, 9.17) is 5.11 Å². The highest BCUT2D eigenvalue weighted by Gasteiger charge is 2.14. The van der Waals surface area contributed by atoms with Crippen molar-refractivity contribution in [3.05, 3.63) is 34.9 Å². The van der Waals surface area contributed by atoms with Crippen LogP contribution >= 0.6 is 0 Å². The number of hydrogen-bond donors (Lipinski definition) is 2. The van der Waals surface area contributed by atoms with Crippen molar-refractivity contribution in [3.8, 4) is 0 Å². The Morgan fingerprint density at radius 1 is 1.36 bits per heavy atom. The minimum absolute atomic E-state index is 0.0842. The lowest BCUT2D eigenvalue weighted by atomic mass is 10.0. The van der Waals surface area contributed by atoms with E-state index in [2.05, 4.69) is 23.5 Å². The van der Waals surface area contributed by atoms with Crippen molar-refractivity contribution in [1.82, 2.24) is 5.32 Å². The molecular weight excluding hydrogens is 174 g/mol. The average Bonchev–Trinajstić information content (AvgIpc) is 2.66. The maximum absolute atomic E-state index is 9.17. The van der Waals surface area contributed by atoms with Crippen molar-refractivity contribution in [2.24, 2.45) is 0 Å². The number of nitrogens with one attached hydrogen (secondary N) is 1. The fourth-order valence-electron chi connectivity index (χ4n) is 2.17. The zero-order chi connectivity index (χ0) is 9.97. The van der Waals surface area contributed by atoms with Gasteiger partial charge in [-0.25, -0.2) is 0 Å². The minimum Gasteiger partial charge on any atom is -0.394 e. The molecule has 0 radical (unpaired) electrons. The van der Waals surface area contributed by atoms with Gasteiger partial charge in [0.1, 0.15) is 0 Å². The second kappa shape index (κ2) is 4.11. The third-order valence-electron chi connectivity index (χ3n) is 3.06. The summed E-state index contributed by atoms with van der Waals surface area (Å²) in [6.45, 7) is 0.162. The van der Waals surface area contributed by atoms with Gasteiger partial charge >= 0.3 is 0 Å². The van der Waals surface area contributed by atoms with Crippen LogP contribution in [0.15, 0.2) is 18.2 Å². The molecule has 0 saturated carbocycles. The molecule has 0 bridgehead atoms. The number of fused-ring (bicyclic) bond motifs is 1. The molecule has 0 aliphatic heterocycles. The van der Waals surface area contributed by atoms with E-state index >= 15 is 0 Å². The number of likely N-dealkylation sites (N-methyl/N-ethyl adjacent to an activating group) is 1. The minimum atomic E-state index is 0.0842. The Bertz CT molecular complexity index is 318. The summed E-state index contributed by atoms with van der Waals surface area (Å²) in [6, 6.07) is 6.65. The Hall–Kier alpha value is -0.860. The normalized spacial score (nSPS) is 16.7. The smallest absolute Gasteiger partial charge is 0.0626 e. The van der Waals surface area contributed by atoms with Gasteiger partial charge in [0, 0.05) is 0 Å². The van der Waals surface area contributed by atoms with Gasteiger partial charge in [0.05, 0.1) is 12.6 Å². The molecule has 2 N–H and O–H groups in total. The number of aliphatic hydroxyl groups excluding tert-OH is 1. The summed E-state index contributed by atoms with van der Waals surface area (Å²) in [6.07, 6.45) is 3.70. The summed E-state index contributed by atoms with van der Waals surface area (Å²) < 4.78 is 0. The zero-order valence-corrected chi connectivity index (χ0v) is 8.59. The quantitative estimate of drug-likeness (QED) is 0.757. The third-order valence-corrected chi connectivity index (χ3v) is 3.06. The van der Waals surface area contributed by atoms with Gasteiger partial charge in [-0.15, -0.1) is 0 Å². The van der Waals surface area contributed by atoms with Crippen LogP contribution in [0.5, 0.6) is 0 Å². The second-order valence-electron chi connectivity index (χ2n) is 3.91. The predicted octanol–water partition coefficient (Wildman–Crippen LogP) is 1.43. The first-order chi connectivity index (χ1) is 6.85. The van der Waals surface area contributed by atoms with Crippen molar-refractivity contribution in [2.75, 3.05) is 13.7 Å². The van der Waals surface area contributed by atoms with E-state index in [1.54, 1.807) is 0 Å². The van der Waals surface area contributed by atoms with Gasteiger partial charge in [-0.05, 0) is 43.0 Å². The van der Waals surface area contributed by atoms with Gasteiger partial charge in [-0.2, -0.15) is 0 Å². The van der Waals surface area contributed by atoms with Gasteiger partial charge in [0.15, 0.2) is 0 Å². The van der Waals surface area contributed by atoms with Crippen LogP contribution in [0.3, 0.4) is 0 Å². The topological polar surface area (TPSA) is 32.3 Å². The van der Waals surface area contributed by atoms with E-state index in [0.717, 1.165) is 0 Å². The summed E-state index contributed by atoms with van der Waals surface area (Å²) in [5.41, 5.74) is 4.16. The number of aliphatic hydroxyl groups is 1. The monoisotopic (exact) mass is 191 g/mol. The highest BCUT2D eigenvalue weighted by Crippen LogP contribution is 2.25. The maximum atomic E-state index is 9.17. The second-order valence-corrected chi connectivity index (χ2v) is 3.91. The summed E-state index contributed by atoms with van der Waals surface area (Å²) in [4.78, 5) is 0. The molecule has 0 amide bonds. The lowest BCUT2D eigenvalue weighted by Crippen LogP contribution is -2.20. The van der Waals surface area contributed by atoms with Gasteiger partial charge in [0.2, 0.25) is 0 Å². The predicted molar refractivity (Wildman–Crippen MR) is 57.4 cm³/mol. The van der Waals surface area contributed by atoms with Crippen LogP contribution in [-0.4, -0.2) is 18.8 Å². The molecule has 1 aliphatic carbocycles. The molecule has 14 heavy (non-hydrogen) atoms. The van der Waals surface area contributed by atoms with Gasteiger partial charge in [-0.3, -0.25) is 0 Å². The summed E-state index contributed by atoms with van der Waals surface area (Å²) in [5, 5.41) is 12.3. The Morgan fingerprint density at radius 2 is 2.14 bits per heavy atom. The molecule has 2 rings (SSSR count). The van der Waals surface area contributed by atoms with E-state index in [-0.39, 0.29) is 12.6 Å². The Balaban J connectivity index is 2.27. The van der Waals surface area contributed by atoms with Crippen LogP contribution in [0, 0.1) is 0 Å². The fraction of sp³-hybridized carbons (Fsp3) is 0.500.